The van der Waals surface area contributed by atoms with Crippen LogP contribution in [0.4, 0.5) is 11.4 Å². The maximum atomic E-state index is 11.3. The van der Waals surface area contributed by atoms with Crippen molar-refractivity contribution in [1.29, 1.82) is 0 Å². The van der Waals surface area contributed by atoms with Crippen molar-refractivity contribution in [3.63, 3.8) is 0 Å². The van der Waals surface area contributed by atoms with Crippen molar-refractivity contribution in [1.82, 2.24) is 0 Å². The zero-order chi connectivity index (χ0) is 15.6. The van der Waals surface area contributed by atoms with E-state index in [0.29, 0.717) is 22.1 Å². The molecule has 0 heterocycles. The first-order valence-electron chi connectivity index (χ1n) is 5.13. The number of carbonyl (C=O) groups excluding carboxylic acids is 3. The monoisotopic (exact) mass is 652 g/mol. The van der Waals surface area contributed by atoms with Crippen LogP contribution in [0.15, 0.2) is 0 Å². The van der Waals surface area contributed by atoms with E-state index in [1.807, 2.05) is 67.8 Å². The summed E-state index contributed by atoms with van der Waals surface area (Å²) < 4.78 is 1.29. The number of hydrogen-bond donors (Lipinski definition) is 2. The normalized spacial score (nSPS) is 9.57. The molecule has 1 aromatic rings. The van der Waals surface area contributed by atoms with E-state index in [0.717, 1.165) is 0 Å². The molecule has 2 amide bonds. The molecule has 1 rings (SSSR count). The van der Waals surface area contributed by atoms with Crippen LogP contribution < -0.4 is 67.1 Å². The average Bonchev–Trinajstić information content (AvgIpc) is 2.29. The Labute approximate surface area is 204 Å². The van der Waals surface area contributed by atoms with Gasteiger partial charge in [-0.15, -0.1) is 0 Å². The van der Waals surface area contributed by atoms with E-state index in [-0.39, 0.29) is 68.8 Å². The molecule has 0 bridgehead atoms. The number of amides is 2. The van der Waals surface area contributed by atoms with Gasteiger partial charge in [0, 0.05) is 26.6 Å². The van der Waals surface area contributed by atoms with Gasteiger partial charge in [-0.05, 0) is 67.8 Å². The third-order valence-corrected chi connectivity index (χ3v) is 5.36. The summed E-state index contributed by atoms with van der Waals surface area (Å²) in [6.07, 6.45) is 0. The summed E-state index contributed by atoms with van der Waals surface area (Å²) >= 11 is 5.61. The minimum atomic E-state index is -1.37. The van der Waals surface area contributed by atoms with Crippen molar-refractivity contribution < 1.29 is 70.9 Å². The number of carboxylic acids is 1. The number of aromatic carboxylic acids is 1. The van der Waals surface area contributed by atoms with Crippen LogP contribution in [-0.2, 0) is 9.59 Å². The van der Waals surface area contributed by atoms with E-state index in [2.05, 4.69) is 10.6 Å². The predicted octanol–water partition coefficient (Wildman–Crippen LogP) is -1.22. The van der Waals surface area contributed by atoms with Gasteiger partial charge in [-0.25, -0.2) is 0 Å². The molecule has 0 aliphatic rings. The number of halogens is 3. The van der Waals surface area contributed by atoms with Crippen molar-refractivity contribution >= 4 is 96.9 Å². The van der Waals surface area contributed by atoms with Crippen LogP contribution in [0.25, 0.3) is 0 Å². The molecule has 0 spiro atoms. The van der Waals surface area contributed by atoms with Gasteiger partial charge in [0.05, 0.1) is 20.9 Å². The fraction of sp³-hybridized carbons (Fsp3) is 0.182. The van der Waals surface area contributed by atoms with Gasteiger partial charge in [-0.2, -0.15) is 0 Å². The number of benzene rings is 1. The summed E-state index contributed by atoms with van der Waals surface area (Å²) in [5, 5.41) is 16.4. The van der Waals surface area contributed by atoms with Gasteiger partial charge in [0.2, 0.25) is 11.8 Å². The molecule has 0 atom stereocenters. The molecule has 0 unspecified atom stereocenters. The fourth-order valence-corrected chi connectivity index (χ4v) is 5.56. The largest absolute Gasteiger partial charge is 1.00 e. The fourth-order valence-electron chi connectivity index (χ4n) is 1.41. The Balaban J connectivity index is 0.00000400. The van der Waals surface area contributed by atoms with Crippen LogP contribution in [-0.4, -0.2) is 17.8 Å². The summed E-state index contributed by atoms with van der Waals surface area (Å²) in [7, 11) is 0. The molecule has 0 aliphatic carbocycles. The Kier molecular flexibility index (Phi) is 10.4. The number of nitrogens with one attached hydrogen (secondary N) is 2. The number of hydrogen-bond acceptors (Lipinski definition) is 4. The zero-order valence-electron chi connectivity index (χ0n) is 11.3. The van der Waals surface area contributed by atoms with Gasteiger partial charge in [-0.3, -0.25) is 9.59 Å². The SMILES string of the molecule is CC(=O)Nc1c(I)c(NC(C)=O)c(I)c(C(=O)[O-])c1I.[K+]. The Morgan fingerprint density at radius 2 is 1.19 bits per heavy atom. The molecule has 6 nitrogen and oxygen atoms in total. The molecular formula is C11H8I3KN2O4. The third kappa shape index (κ3) is 5.79. The maximum Gasteiger partial charge on any atom is 1.00 e. The molecule has 0 radical (unpaired) electrons. The van der Waals surface area contributed by atoms with Gasteiger partial charge in [0.25, 0.3) is 0 Å². The quantitative estimate of drug-likeness (QED) is 0.317. The molecule has 108 valence electrons. The van der Waals surface area contributed by atoms with Gasteiger partial charge in [0.15, 0.2) is 0 Å². The summed E-state index contributed by atoms with van der Waals surface area (Å²) in [6.45, 7) is 2.64. The van der Waals surface area contributed by atoms with Crippen LogP contribution in [0.1, 0.15) is 24.2 Å². The van der Waals surface area contributed by atoms with Gasteiger partial charge >= 0.3 is 51.4 Å². The molecule has 0 aromatic heterocycles. The van der Waals surface area contributed by atoms with E-state index in [1.54, 1.807) is 0 Å². The maximum absolute atomic E-state index is 11.3. The topological polar surface area (TPSA) is 98.3 Å². The molecule has 10 heteroatoms. The van der Waals surface area contributed by atoms with Crippen LogP contribution in [0.2, 0.25) is 0 Å². The second kappa shape index (κ2) is 9.68. The van der Waals surface area contributed by atoms with Crippen LogP contribution in [0.5, 0.6) is 0 Å². The second-order valence-corrected chi connectivity index (χ2v) is 6.95. The molecule has 0 saturated heterocycles. The van der Waals surface area contributed by atoms with Crippen molar-refractivity contribution in [2.75, 3.05) is 10.6 Å². The van der Waals surface area contributed by atoms with Gasteiger partial charge < -0.3 is 20.5 Å². The van der Waals surface area contributed by atoms with E-state index in [4.69, 9.17) is 0 Å². The molecule has 0 saturated carbocycles. The number of anilines is 2. The van der Waals surface area contributed by atoms with Crippen LogP contribution in [0, 0.1) is 10.7 Å². The Morgan fingerprint density at radius 1 is 0.857 bits per heavy atom. The van der Waals surface area contributed by atoms with E-state index in [1.165, 1.54) is 13.8 Å². The Hall–Kier alpha value is 1.46. The van der Waals surface area contributed by atoms with Gasteiger partial charge in [0.1, 0.15) is 0 Å². The van der Waals surface area contributed by atoms with Crippen molar-refractivity contribution in [3.8, 4) is 0 Å². The van der Waals surface area contributed by atoms with Crippen LogP contribution >= 0.6 is 67.8 Å². The minimum Gasteiger partial charge on any atom is -0.545 e. The van der Waals surface area contributed by atoms with E-state index in [9.17, 15) is 19.5 Å². The Morgan fingerprint density at radius 3 is 1.43 bits per heavy atom. The van der Waals surface area contributed by atoms with Crippen molar-refractivity contribution in [2.24, 2.45) is 0 Å². The molecule has 0 fully saturated rings. The molecule has 2 N–H and O–H groups in total. The first-order chi connectivity index (χ1) is 9.16. The van der Waals surface area contributed by atoms with Crippen molar-refractivity contribution in [3.05, 3.63) is 16.3 Å². The number of carboxylic acid groups (broad SMARTS) is 1. The third-order valence-electron chi connectivity index (χ3n) is 2.12. The number of rotatable bonds is 3. The average molecular weight is 652 g/mol. The first kappa shape index (κ1) is 22.5. The molecule has 21 heavy (non-hydrogen) atoms. The van der Waals surface area contributed by atoms with E-state index < -0.39 is 5.97 Å². The summed E-state index contributed by atoms with van der Waals surface area (Å²) in [6, 6.07) is 0. The first-order valence-corrected chi connectivity index (χ1v) is 8.37. The smallest absolute Gasteiger partial charge is 0.545 e. The summed E-state index contributed by atoms with van der Waals surface area (Å²) in [5.41, 5.74) is 0.642. The van der Waals surface area contributed by atoms with Crippen LogP contribution in [0.3, 0.4) is 0 Å². The summed E-state index contributed by atoms with van der Waals surface area (Å²) in [5.74, 6) is -2.03. The van der Waals surface area contributed by atoms with E-state index >= 15 is 0 Å². The molecular weight excluding hydrogens is 644 g/mol. The molecule has 0 aliphatic heterocycles. The summed E-state index contributed by atoms with van der Waals surface area (Å²) in [4.78, 5) is 33.8. The number of carbonyl (C=O) groups is 3. The standard InChI is InChI=1S/C11H9I3N2O4.K/c1-3(17)15-9-6(12)5(11(19)20)7(13)10(8(9)14)16-4(2)18;/h1-2H3,(H,15,17)(H,16,18)(H,19,20);/q;+1/p-1. The van der Waals surface area contributed by atoms with Gasteiger partial charge in [-0.1, -0.05) is 0 Å². The zero-order valence-corrected chi connectivity index (χ0v) is 20.9. The minimum absolute atomic E-state index is 0. The predicted molar refractivity (Wildman–Crippen MR) is 97.5 cm³/mol. The van der Waals surface area contributed by atoms with Crippen molar-refractivity contribution in [2.45, 2.75) is 13.8 Å². The Bertz CT molecular complexity index is 579. The second-order valence-electron chi connectivity index (χ2n) is 3.72. The molecule has 1 aromatic carbocycles.